The number of nitrogens with one attached hydrogen (secondary N) is 3. The van der Waals surface area contributed by atoms with E-state index < -0.39 is 0 Å². The van der Waals surface area contributed by atoms with Crippen LogP contribution in [0.5, 0.6) is 0 Å². The molecule has 26 heavy (non-hydrogen) atoms. The van der Waals surface area contributed by atoms with E-state index in [4.69, 9.17) is 11.6 Å². The molecule has 2 amide bonds. The fraction of sp³-hybridized carbons (Fsp3) is 0.263. The Hall–Kier alpha value is -2.44. The number of likely N-dealkylation sites (N-methyl/N-ethyl adjacent to an activating group) is 1. The highest BCUT2D eigenvalue weighted by molar-refractivity contribution is 6.30. The number of benzene rings is 2. The Morgan fingerprint density at radius 2 is 1.77 bits per heavy atom. The highest BCUT2D eigenvalue weighted by Crippen LogP contribution is 2.17. The molecule has 0 aromatic heterocycles. The lowest BCUT2D eigenvalue weighted by atomic mass is 10.1. The van der Waals surface area contributed by atoms with Crippen LogP contribution in [0.1, 0.15) is 18.5 Å². The minimum atomic E-state index is -0.365. The van der Waals surface area contributed by atoms with Gasteiger partial charge in [0.05, 0.1) is 13.1 Å². The van der Waals surface area contributed by atoms with Gasteiger partial charge in [-0.15, -0.1) is 0 Å². The van der Waals surface area contributed by atoms with E-state index in [0.29, 0.717) is 10.7 Å². The van der Waals surface area contributed by atoms with E-state index in [1.165, 1.54) is 24.3 Å². The molecule has 0 aliphatic rings. The molecule has 138 valence electrons. The number of hydrogen-bond acceptors (Lipinski definition) is 2. The van der Waals surface area contributed by atoms with Gasteiger partial charge in [0.15, 0.2) is 13.1 Å². The van der Waals surface area contributed by atoms with Crippen LogP contribution in [-0.2, 0) is 9.59 Å². The van der Waals surface area contributed by atoms with E-state index in [1.54, 1.807) is 19.2 Å². The van der Waals surface area contributed by atoms with Gasteiger partial charge in [-0.05, 0) is 48.9 Å². The van der Waals surface area contributed by atoms with Crippen molar-refractivity contribution < 1.29 is 18.9 Å². The largest absolute Gasteiger partial charge is 0.345 e. The third kappa shape index (κ3) is 6.46. The van der Waals surface area contributed by atoms with E-state index in [-0.39, 0.29) is 36.8 Å². The number of quaternary nitrogens is 1. The van der Waals surface area contributed by atoms with Crippen molar-refractivity contribution in [2.24, 2.45) is 0 Å². The summed E-state index contributed by atoms with van der Waals surface area (Å²) < 4.78 is 12.9. The highest BCUT2D eigenvalue weighted by Gasteiger charge is 2.16. The van der Waals surface area contributed by atoms with Gasteiger partial charge in [0.1, 0.15) is 5.82 Å². The van der Waals surface area contributed by atoms with Gasteiger partial charge < -0.3 is 15.5 Å². The van der Waals surface area contributed by atoms with Crippen LogP contribution in [0.25, 0.3) is 0 Å². The molecular formula is C19H22ClFN3O2+. The summed E-state index contributed by atoms with van der Waals surface area (Å²) in [5.74, 6) is -0.773. The molecule has 2 aromatic rings. The van der Waals surface area contributed by atoms with Crippen LogP contribution in [-0.4, -0.2) is 32.0 Å². The van der Waals surface area contributed by atoms with Gasteiger partial charge in [-0.25, -0.2) is 4.39 Å². The van der Waals surface area contributed by atoms with Crippen molar-refractivity contribution in [1.82, 2.24) is 5.32 Å². The first kappa shape index (κ1) is 19.9. The lowest BCUT2D eigenvalue weighted by Crippen LogP contribution is -3.11. The van der Waals surface area contributed by atoms with Crippen LogP contribution in [0.15, 0.2) is 48.5 Å². The lowest BCUT2D eigenvalue weighted by molar-refractivity contribution is -0.862. The summed E-state index contributed by atoms with van der Waals surface area (Å²) >= 11 is 5.96. The Morgan fingerprint density at radius 3 is 2.42 bits per heavy atom. The number of carbonyl (C=O) groups excluding carboxylic acids is 2. The topological polar surface area (TPSA) is 62.6 Å². The summed E-state index contributed by atoms with van der Waals surface area (Å²) in [6, 6.07) is 12.6. The van der Waals surface area contributed by atoms with Gasteiger partial charge in [-0.1, -0.05) is 23.7 Å². The summed E-state index contributed by atoms with van der Waals surface area (Å²) in [5.41, 5.74) is 1.43. The van der Waals surface area contributed by atoms with Crippen LogP contribution < -0.4 is 15.5 Å². The second-order valence-electron chi connectivity index (χ2n) is 6.21. The minimum Gasteiger partial charge on any atom is -0.345 e. The van der Waals surface area contributed by atoms with Crippen molar-refractivity contribution in [3.8, 4) is 0 Å². The van der Waals surface area contributed by atoms with Gasteiger partial charge in [0.25, 0.3) is 11.8 Å². The molecule has 0 fully saturated rings. The van der Waals surface area contributed by atoms with Crippen LogP contribution in [0, 0.1) is 5.82 Å². The predicted molar refractivity (Wildman–Crippen MR) is 99.7 cm³/mol. The van der Waals surface area contributed by atoms with Gasteiger partial charge in [-0.2, -0.15) is 0 Å². The van der Waals surface area contributed by atoms with Crippen molar-refractivity contribution >= 4 is 29.1 Å². The summed E-state index contributed by atoms with van der Waals surface area (Å²) in [6.07, 6.45) is 0. The van der Waals surface area contributed by atoms with E-state index in [2.05, 4.69) is 10.6 Å². The van der Waals surface area contributed by atoms with Gasteiger partial charge in [0.2, 0.25) is 0 Å². The quantitative estimate of drug-likeness (QED) is 0.688. The van der Waals surface area contributed by atoms with Gasteiger partial charge in [-0.3, -0.25) is 9.59 Å². The molecule has 0 saturated heterocycles. The zero-order valence-corrected chi connectivity index (χ0v) is 15.4. The molecule has 3 N–H and O–H groups in total. The summed E-state index contributed by atoms with van der Waals surface area (Å²) in [5, 5.41) is 6.18. The average Bonchev–Trinajstić information content (AvgIpc) is 2.56. The Morgan fingerprint density at radius 1 is 1.12 bits per heavy atom. The standard InChI is InChI=1S/C19H21ClFN3O2/c1-13(14-4-3-5-15(20)10-14)22-18(25)11-24(2)12-19(26)23-17-8-6-16(21)7-9-17/h3-10,13H,11-12H2,1-2H3,(H,22,25)(H,23,26)/p+1/t13-/m0/s1. The fourth-order valence-corrected chi connectivity index (χ4v) is 2.70. The highest BCUT2D eigenvalue weighted by atomic mass is 35.5. The second-order valence-corrected chi connectivity index (χ2v) is 6.65. The minimum absolute atomic E-state index is 0.121. The van der Waals surface area contributed by atoms with Crippen molar-refractivity contribution in [3.05, 3.63) is 64.9 Å². The van der Waals surface area contributed by atoms with Crippen molar-refractivity contribution in [2.75, 3.05) is 25.5 Å². The molecule has 7 heteroatoms. The Kier molecular flexibility index (Phi) is 7.12. The van der Waals surface area contributed by atoms with Gasteiger partial charge >= 0.3 is 0 Å². The molecule has 0 spiro atoms. The monoisotopic (exact) mass is 378 g/mol. The van der Waals surface area contributed by atoms with E-state index in [9.17, 15) is 14.0 Å². The van der Waals surface area contributed by atoms with Crippen molar-refractivity contribution in [2.45, 2.75) is 13.0 Å². The lowest BCUT2D eigenvalue weighted by Gasteiger charge is -2.17. The molecule has 1 unspecified atom stereocenters. The molecule has 2 aromatic carbocycles. The van der Waals surface area contributed by atoms with Crippen molar-refractivity contribution in [1.29, 1.82) is 0 Å². The second kappa shape index (κ2) is 9.31. The number of hydrogen-bond donors (Lipinski definition) is 3. The van der Waals surface area contributed by atoms with Crippen LogP contribution in [0.3, 0.4) is 0 Å². The summed E-state index contributed by atoms with van der Waals surface area (Å²) in [6.45, 7) is 2.15. The maximum Gasteiger partial charge on any atom is 0.279 e. The summed E-state index contributed by atoms with van der Waals surface area (Å²) in [4.78, 5) is 24.9. The van der Waals surface area contributed by atoms with Crippen LogP contribution in [0.2, 0.25) is 5.02 Å². The normalized spacial score (nSPS) is 12.9. The maximum absolute atomic E-state index is 12.9. The third-order valence-corrected chi connectivity index (χ3v) is 4.01. The zero-order valence-electron chi connectivity index (χ0n) is 14.7. The molecule has 0 bridgehead atoms. The predicted octanol–water partition coefficient (Wildman–Crippen LogP) is 1.81. The molecule has 0 aliphatic carbocycles. The first-order valence-corrected chi connectivity index (χ1v) is 8.63. The fourth-order valence-electron chi connectivity index (χ4n) is 2.50. The van der Waals surface area contributed by atoms with Crippen LogP contribution >= 0.6 is 11.6 Å². The first-order chi connectivity index (χ1) is 12.3. The Bertz CT molecular complexity index is 768. The molecule has 0 heterocycles. The van der Waals surface area contributed by atoms with Crippen molar-refractivity contribution in [3.63, 3.8) is 0 Å². The zero-order chi connectivity index (χ0) is 19.1. The SMILES string of the molecule is C[C@H](NC(=O)C[NH+](C)CC(=O)Nc1ccc(F)cc1)c1cccc(Cl)c1. The molecule has 2 atom stereocenters. The first-order valence-electron chi connectivity index (χ1n) is 8.25. The molecule has 0 saturated carbocycles. The van der Waals surface area contributed by atoms with Gasteiger partial charge in [0, 0.05) is 10.7 Å². The number of anilines is 1. The molecular weight excluding hydrogens is 357 g/mol. The molecule has 0 aliphatic heterocycles. The van der Waals surface area contributed by atoms with E-state index in [0.717, 1.165) is 10.5 Å². The summed E-state index contributed by atoms with van der Waals surface area (Å²) in [7, 11) is 1.76. The van der Waals surface area contributed by atoms with E-state index >= 15 is 0 Å². The Labute approximate surface area is 157 Å². The number of rotatable bonds is 7. The molecule has 5 nitrogen and oxygen atoms in total. The average molecular weight is 379 g/mol. The molecule has 0 radical (unpaired) electrons. The number of halogens is 2. The smallest absolute Gasteiger partial charge is 0.279 e. The maximum atomic E-state index is 12.9. The van der Waals surface area contributed by atoms with E-state index in [1.807, 2.05) is 19.1 Å². The molecule has 2 rings (SSSR count). The van der Waals surface area contributed by atoms with Crippen LogP contribution in [0.4, 0.5) is 10.1 Å². The number of amides is 2. The number of carbonyl (C=O) groups is 2. The Balaban J connectivity index is 1.79. The third-order valence-electron chi connectivity index (χ3n) is 3.78.